The van der Waals surface area contributed by atoms with Crippen LogP contribution in [0, 0.1) is 0 Å². The molecule has 150 valence electrons. The van der Waals surface area contributed by atoms with Crippen LogP contribution in [0.5, 0.6) is 0 Å². The summed E-state index contributed by atoms with van der Waals surface area (Å²) in [5, 5.41) is 20.4. The highest BCUT2D eigenvalue weighted by Crippen LogP contribution is 2.11. The molecule has 0 aromatic rings. The molecular weight excluding hydrogens is 376 g/mol. The van der Waals surface area contributed by atoms with Crippen LogP contribution >= 0.6 is 24.0 Å². The summed E-state index contributed by atoms with van der Waals surface area (Å²) in [6.07, 6.45) is 6.67. The van der Waals surface area contributed by atoms with Crippen molar-refractivity contribution in [3.63, 3.8) is 0 Å². The Balaban J connectivity index is 4.04. The third-order valence-corrected chi connectivity index (χ3v) is 5.15. The van der Waals surface area contributed by atoms with Crippen molar-refractivity contribution in [2.75, 3.05) is 25.4 Å². The van der Waals surface area contributed by atoms with Crippen molar-refractivity contribution in [2.45, 2.75) is 58.3 Å². The molecule has 0 saturated carbocycles. The van der Waals surface area contributed by atoms with E-state index < -0.39 is 11.9 Å². The summed E-state index contributed by atoms with van der Waals surface area (Å²) >= 11 is 6.35. The smallest absolute Gasteiger partial charge is 0.305 e. The van der Waals surface area contributed by atoms with E-state index in [-0.39, 0.29) is 37.6 Å². The molecule has 3 N–H and O–H groups in total. The van der Waals surface area contributed by atoms with Gasteiger partial charge >= 0.3 is 11.9 Å². The number of hydrogen-bond acceptors (Lipinski definition) is 5. The van der Waals surface area contributed by atoms with E-state index in [0.29, 0.717) is 10.9 Å². The van der Waals surface area contributed by atoms with Crippen LogP contribution in [0.2, 0.25) is 0 Å². The van der Waals surface area contributed by atoms with Crippen LogP contribution in [0.3, 0.4) is 0 Å². The minimum absolute atomic E-state index is 0.123. The van der Waals surface area contributed by atoms with Gasteiger partial charge in [-0.3, -0.25) is 14.4 Å². The first-order chi connectivity index (χ1) is 12.4. The summed E-state index contributed by atoms with van der Waals surface area (Å²) in [7, 11) is 0. The monoisotopic (exact) mass is 406 g/mol. The second kappa shape index (κ2) is 15.9. The predicted molar refractivity (Wildman–Crippen MR) is 108 cm³/mol. The van der Waals surface area contributed by atoms with E-state index in [4.69, 9.17) is 22.4 Å². The van der Waals surface area contributed by atoms with Gasteiger partial charge < -0.3 is 20.4 Å². The van der Waals surface area contributed by atoms with Crippen molar-refractivity contribution in [3.8, 4) is 0 Å². The lowest BCUT2D eigenvalue weighted by Gasteiger charge is -2.23. The van der Waals surface area contributed by atoms with Crippen LogP contribution in [0.15, 0.2) is 0 Å². The van der Waals surface area contributed by atoms with Crippen molar-refractivity contribution in [1.82, 2.24) is 10.2 Å². The number of carboxylic acid groups (broad SMARTS) is 2. The highest BCUT2D eigenvalue weighted by atomic mass is 32.2. The summed E-state index contributed by atoms with van der Waals surface area (Å²) in [4.78, 5) is 34.8. The summed E-state index contributed by atoms with van der Waals surface area (Å²) in [6, 6.07) is 0. The minimum atomic E-state index is -0.977. The van der Waals surface area contributed by atoms with Gasteiger partial charge in [0, 0.05) is 19.6 Å². The van der Waals surface area contributed by atoms with Gasteiger partial charge in [0.15, 0.2) is 0 Å². The summed E-state index contributed by atoms with van der Waals surface area (Å²) in [5.41, 5.74) is 0. The fourth-order valence-electron chi connectivity index (χ4n) is 2.16. The van der Waals surface area contributed by atoms with E-state index in [1.807, 2.05) is 0 Å². The van der Waals surface area contributed by atoms with Crippen molar-refractivity contribution in [2.24, 2.45) is 0 Å². The number of carboxylic acids is 2. The Morgan fingerprint density at radius 2 is 1.50 bits per heavy atom. The Morgan fingerprint density at radius 1 is 0.962 bits per heavy atom. The highest BCUT2D eigenvalue weighted by molar-refractivity contribution is 8.23. The van der Waals surface area contributed by atoms with Gasteiger partial charge in [-0.15, -0.1) is 0 Å². The molecule has 26 heavy (non-hydrogen) atoms. The Labute approximate surface area is 164 Å². The van der Waals surface area contributed by atoms with E-state index in [1.54, 1.807) is 0 Å². The molecule has 0 fully saturated rings. The molecule has 0 rings (SSSR count). The number of carbonyl (C=O) groups is 3. The number of unbranched alkanes of at least 4 members (excludes halogenated alkanes) is 5. The van der Waals surface area contributed by atoms with Crippen LogP contribution in [-0.4, -0.2) is 62.7 Å². The molecule has 0 aliphatic rings. The molecule has 0 heterocycles. The highest BCUT2D eigenvalue weighted by Gasteiger charge is 2.15. The minimum Gasteiger partial charge on any atom is -0.481 e. The van der Waals surface area contributed by atoms with Crippen LogP contribution < -0.4 is 5.32 Å². The van der Waals surface area contributed by atoms with E-state index >= 15 is 0 Å². The van der Waals surface area contributed by atoms with E-state index in [1.165, 1.54) is 30.6 Å². The molecule has 9 heteroatoms. The maximum absolute atomic E-state index is 11.8. The number of nitrogens with one attached hydrogen (secondary N) is 1. The van der Waals surface area contributed by atoms with Crippen molar-refractivity contribution in [1.29, 1.82) is 0 Å². The summed E-state index contributed by atoms with van der Waals surface area (Å²) in [5.74, 6) is -1.93. The first-order valence-corrected chi connectivity index (χ1v) is 10.4. The van der Waals surface area contributed by atoms with Crippen molar-refractivity contribution >= 4 is 46.1 Å². The second-order valence-electron chi connectivity index (χ2n) is 5.95. The number of aliphatic carboxylic acids is 2. The average Bonchev–Trinajstić information content (AvgIpc) is 2.58. The molecule has 0 aromatic carbocycles. The molecule has 0 atom stereocenters. The Kier molecular flexibility index (Phi) is 15.0. The number of thiocarbonyl (C=S) groups is 1. The third-order valence-electron chi connectivity index (χ3n) is 3.63. The van der Waals surface area contributed by atoms with Crippen LogP contribution in [-0.2, 0) is 14.4 Å². The number of thioether (sulfide) groups is 1. The SMILES string of the molecule is CCCCCCCCNC(=O)CSC(=S)N(CCC(=O)O)CCC(=O)O. The lowest BCUT2D eigenvalue weighted by atomic mass is 10.1. The third kappa shape index (κ3) is 14.9. The van der Waals surface area contributed by atoms with Gasteiger partial charge in [-0.05, 0) is 6.42 Å². The van der Waals surface area contributed by atoms with E-state index in [0.717, 1.165) is 24.6 Å². The van der Waals surface area contributed by atoms with Gasteiger partial charge in [-0.25, -0.2) is 0 Å². The van der Waals surface area contributed by atoms with E-state index in [2.05, 4.69) is 12.2 Å². The van der Waals surface area contributed by atoms with Gasteiger partial charge in [0.05, 0.1) is 18.6 Å². The number of hydrogen-bond donors (Lipinski definition) is 3. The number of carbonyl (C=O) groups excluding carboxylic acids is 1. The normalized spacial score (nSPS) is 10.3. The number of amides is 1. The second-order valence-corrected chi connectivity index (χ2v) is 7.56. The van der Waals surface area contributed by atoms with Crippen molar-refractivity contribution in [3.05, 3.63) is 0 Å². The van der Waals surface area contributed by atoms with Gasteiger partial charge in [-0.1, -0.05) is 63.0 Å². The quantitative estimate of drug-likeness (QED) is 0.281. The molecule has 0 bridgehead atoms. The first kappa shape index (κ1) is 24.7. The van der Waals surface area contributed by atoms with Gasteiger partial charge in [-0.2, -0.15) is 0 Å². The predicted octanol–water partition coefficient (Wildman–Crippen LogP) is 2.73. The maximum atomic E-state index is 11.8. The zero-order chi connectivity index (χ0) is 19.8. The number of nitrogens with zero attached hydrogens (tertiary/aromatic N) is 1. The van der Waals surface area contributed by atoms with Gasteiger partial charge in [0.25, 0.3) is 0 Å². The summed E-state index contributed by atoms with van der Waals surface area (Å²) in [6.45, 7) is 3.08. The Bertz CT molecular complexity index is 442. The van der Waals surface area contributed by atoms with Crippen molar-refractivity contribution < 1.29 is 24.6 Å². The average molecular weight is 407 g/mol. The van der Waals surface area contributed by atoms with E-state index in [9.17, 15) is 14.4 Å². The zero-order valence-corrected chi connectivity index (χ0v) is 17.0. The summed E-state index contributed by atoms with van der Waals surface area (Å²) < 4.78 is 0.349. The largest absolute Gasteiger partial charge is 0.481 e. The van der Waals surface area contributed by atoms with Crippen LogP contribution in [0.4, 0.5) is 0 Å². The Hall–Kier alpha value is -1.35. The van der Waals surface area contributed by atoms with Gasteiger partial charge in [0.2, 0.25) is 5.91 Å². The molecule has 0 aromatic heterocycles. The molecule has 7 nitrogen and oxygen atoms in total. The molecule has 0 radical (unpaired) electrons. The molecule has 0 unspecified atom stereocenters. The van der Waals surface area contributed by atoms with Crippen LogP contribution in [0.25, 0.3) is 0 Å². The molecule has 0 saturated heterocycles. The molecule has 0 spiro atoms. The molecule has 1 amide bonds. The zero-order valence-electron chi connectivity index (χ0n) is 15.4. The fraction of sp³-hybridized carbons (Fsp3) is 0.765. The molecular formula is C17H30N2O5S2. The lowest BCUT2D eigenvalue weighted by Crippen LogP contribution is -2.33. The molecule has 0 aliphatic heterocycles. The topological polar surface area (TPSA) is 107 Å². The maximum Gasteiger partial charge on any atom is 0.305 e. The van der Waals surface area contributed by atoms with Crippen LogP contribution in [0.1, 0.15) is 58.3 Å². The lowest BCUT2D eigenvalue weighted by molar-refractivity contribution is -0.137. The first-order valence-electron chi connectivity index (χ1n) is 8.98. The Morgan fingerprint density at radius 3 is 2.04 bits per heavy atom. The number of rotatable bonds is 15. The molecule has 0 aliphatic carbocycles. The fourth-order valence-corrected chi connectivity index (χ4v) is 3.24. The van der Waals surface area contributed by atoms with Gasteiger partial charge in [0.1, 0.15) is 4.32 Å². The standard InChI is InChI=1S/C17H30N2O5S2/c1-2-3-4-5-6-7-10-18-14(20)13-26-17(25)19(11-8-15(21)22)12-9-16(23)24/h2-13H2,1H3,(H,18,20)(H,21,22)(H,23,24).